The molecule has 0 radical (unpaired) electrons. The molecule has 2 aromatic carbocycles. The Morgan fingerprint density at radius 1 is 1.19 bits per heavy atom. The van der Waals surface area contributed by atoms with Crippen LogP contribution in [0.15, 0.2) is 65.7 Å². The van der Waals surface area contributed by atoms with Crippen LogP contribution in [-0.2, 0) is 0 Å². The van der Waals surface area contributed by atoms with Crippen molar-refractivity contribution in [2.75, 3.05) is 12.9 Å². The summed E-state index contributed by atoms with van der Waals surface area (Å²) in [5, 5.41) is 7.57. The molecule has 26 heavy (non-hydrogen) atoms. The minimum atomic E-state index is -0.219. The number of nitrogens with one attached hydrogen (secondary N) is 1. The summed E-state index contributed by atoms with van der Waals surface area (Å²) < 4.78 is 7.04. The number of benzene rings is 2. The van der Waals surface area contributed by atoms with Gasteiger partial charge in [-0.05, 0) is 30.2 Å². The first kappa shape index (κ1) is 16.7. The lowest BCUT2D eigenvalue weighted by molar-refractivity contribution is 0.0926. The fourth-order valence-corrected chi connectivity index (χ4v) is 4.22. The highest BCUT2D eigenvalue weighted by molar-refractivity contribution is 7.99. The molecule has 1 amide bonds. The van der Waals surface area contributed by atoms with E-state index in [4.69, 9.17) is 4.74 Å². The van der Waals surface area contributed by atoms with Crippen LogP contribution in [0.25, 0.3) is 5.69 Å². The summed E-state index contributed by atoms with van der Waals surface area (Å²) in [6.07, 6.45) is 2.63. The largest absolute Gasteiger partial charge is 0.493 e. The lowest BCUT2D eigenvalue weighted by Gasteiger charge is -2.25. The highest BCUT2D eigenvalue weighted by Gasteiger charge is 2.25. The average molecular weight is 365 g/mol. The van der Waals surface area contributed by atoms with E-state index >= 15 is 0 Å². The first-order valence-electron chi connectivity index (χ1n) is 8.48. The molecule has 2 heterocycles. The van der Waals surface area contributed by atoms with Gasteiger partial charge in [-0.15, -0.1) is 11.8 Å². The van der Waals surface area contributed by atoms with Crippen molar-refractivity contribution in [2.24, 2.45) is 0 Å². The molecule has 1 aliphatic heterocycles. The SMILES string of the molecule is COc1cn(-c2ccccc2)nc1C(=O)NC1CCSc2ccccc21. The number of ether oxygens (including phenoxy) is 1. The van der Waals surface area contributed by atoms with Gasteiger partial charge in [-0.1, -0.05) is 36.4 Å². The second-order valence-electron chi connectivity index (χ2n) is 6.03. The summed E-state index contributed by atoms with van der Waals surface area (Å²) >= 11 is 1.83. The lowest BCUT2D eigenvalue weighted by atomic mass is 10.0. The van der Waals surface area contributed by atoms with Crippen molar-refractivity contribution < 1.29 is 9.53 Å². The van der Waals surface area contributed by atoms with Gasteiger partial charge in [-0.25, -0.2) is 4.68 Å². The zero-order valence-corrected chi connectivity index (χ0v) is 15.2. The Balaban J connectivity index is 1.60. The number of hydrogen-bond donors (Lipinski definition) is 1. The van der Waals surface area contributed by atoms with Crippen LogP contribution < -0.4 is 10.1 Å². The topological polar surface area (TPSA) is 56.2 Å². The number of nitrogens with zero attached hydrogens (tertiary/aromatic N) is 2. The Labute approximate surface area is 156 Å². The maximum absolute atomic E-state index is 12.9. The highest BCUT2D eigenvalue weighted by atomic mass is 32.2. The Morgan fingerprint density at radius 2 is 1.96 bits per heavy atom. The van der Waals surface area contributed by atoms with Gasteiger partial charge < -0.3 is 10.1 Å². The Hall–Kier alpha value is -2.73. The number of aromatic nitrogens is 2. The van der Waals surface area contributed by atoms with Gasteiger partial charge >= 0.3 is 0 Å². The third-order valence-corrected chi connectivity index (χ3v) is 5.52. The second kappa shape index (κ2) is 7.25. The molecule has 0 aliphatic carbocycles. The van der Waals surface area contributed by atoms with Crippen LogP contribution in [0.4, 0.5) is 0 Å². The normalized spacial score (nSPS) is 16.0. The maximum atomic E-state index is 12.9. The van der Waals surface area contributed by atoms with Gasteiger partial charge in [-0.2, -0.15) is 5.10 Å². The van der Waals surface area contributed by atoms with E-state index in [2.05, 4.69) is 22.5 Å². The summed E-state index contributed by atoms with van der Waals surface area (Å²) in [7, 11) is 1.55. The molecular formula is C20H19N3O2S. The van der Waals surface area contributed by atoms with E-state index in [0.717, 1.165) is 17.9 Å². The van der Waals surface area contributed by atoms with Crippen LogP contribution in [0.5, 0.6) is 5.75 Å². The first-order chi connectivity index (χ1) is 12.8. The third kappa shape index (κ3) is 3.20. The van der Waals surface area contributed by atoms with Crippen molar-refractivity contribution in [1.82, 2.24) is 15.1 Å². The zero-order valence-electron chi connectivity index (χ0n) is 14.4. The van der Waals surface area contributed by atoms with Crippen LogP contribution in [0.1, 0.15) is 28.5 Å². The summed E-state index contributed by atoms with van der Waals surface area (Å²) in [4.78, 5) is 14.1. The number of carbonyl (C=O) groups is 1. The van der Waals surface area contributed by atoms with Crippen molar-refractivity contribution in [3.8, 4) is 11.4 Å². The van der Waals surface area contributed by atoms with Crippen molar-refractivity contribution in [2.45, 2.75) is 17.4 Å². The van der Waals surface area contributed by atoms with Crippen LogP contribution in [-0.4, -0.2) is 28.6 Å². The van der Waals surface area contributed by atoms with Crippen molar-refractivity contribution in [3.05, 3.63) is 72.1 Å². The van der Waals surface area contributed by atoms with E-state index in [9.17, 15) is 4.79 Å². The van der Waals surface area contributed by atoms with Gasteiger partial charge in [0.05, 0.1) is 25.0 Å². The van der Waals surface area contributed by atoms with Crippen LogP contribution in [0, 0.1) is 0 Å². The molecule has 1 aliphatic rings. The number of methoxy groups -OCH3 is 1. The molecule has 4 rings (SSSR count). The standard InChI is InChI=1S/C20H19N3O2S/c1-25-17-13-23(14-7-3-2-4-8-14)22-19(17)20(24)21-16-11-12-26-18-10-6-5-9-15(16)18/h2-10,13,16H,11-12H2,1H3,(H,21,24). The molecule has 132 valence electrons. The molecule has 1 N–H and O–H groups in total. The smallest absolute Gasteiger partial charge is 0.276 e. The molecule has 3 aromatic rings. The predicted octanol–water partition coefficient (Wildman–Crippen LogP) is 3.85. The Morgan fingerprint density at radius 3 is 2.77 bits per heavy atom. The highest BCUT2D eigenvalue weighted by Crippen LogP contribution is 2.36. The van der Waals surface area contributed by atoms with Crippen molar-refractivity contribution in [3.63, 3.8) is 0 Å². The van der Waals surface area contributed by atoms with E-state index in [0.29, 0.717) is 11.4 Å². The van der Waals surface area contributed by atoms with Gasteiger partial charge in [0.15, 0.2) is 11.4 Å². The second-order valence-corrected chi connectivity index (χ2v) is 7.16. The lowest BCUT2D eigenvalue weighted by Crippen LogP contribution is -2.31. The van der Waals surface area contributed by atoms with Gasteiger partial charge in [-0.3, -0.25) is 4.79 Å². The number of fused-ring (bicyclic) bond motifs is 1. The molecule has 6 heteroatoms. The molecule has 5 nitrogen and oxygen atoms in total. The number of rotatable bonds is 4. The number of para-hydroxylation sites is 1. The molecule has 0 saturated heterocycles. The van der Waals surface area contributed by atoms with E-state index < -0.39 is 0 Å². The molecule has 1 aromatic heterocycles. The van der Waals surface area contributed by atoms with Gasteiger partial charge in [0.1, 0.15) is 0 Å². The average Bonchev–Trinajstić information content (AvgIpc) is 3.14. The summed E-state index contributed by atoms with van der Waals surface area (Å²) in [5.41, 5.74) is 2.34. The fourth-order valence-electron chi connectivity index (χ4n) is 3.10. The monoisotopic (exact) mass is 365 g/mol. The maximum Gasteiger partial charge on any atom is 0.276 e. The fraction of sp³-hybridized carbons (Fsp3) is 0.200. The molecule has 0 bridgehead atoms. The molecule has 0 spiro atoms. The molecule has 0 saturated carbocycles. The number of thioether (sulfide) groups is 1. The minimum Gasteiger partial charge on any atom is -0.493 e. The predicted molar refractivity (Wildman–Crippen MR) is 102 cm³/mol. The van der Waals surface area contributed by atoms with E-state index in [-0.39, 0.29) is 11.9 Å². The minimum absolute atomic E-state index is 0.00784. The third-order valence-electron chi connectivity index (χ3n) is 4.40. The first-order valence-corrected chi connectivity index (χ1v) is 9.46. The van der Waals surface area contributed by atoms with Gasteiger partial charge in [0.2, 0.25) is 0 Å². The van der Waals surface area contributed by atoms with Crippen molar-refractivity contribution >= 4 is 17.7 Å². The summed E-state index contributed by atoms with van der Waals surface area (Å²) in [6.45, 7) is 0. The Kier molecular flexibility index (Phi) is 4.67. The van der Waals surface area contributed by atoms with E-state index in [1.54, 1.807) is 18.0 Å². The number of carbonyl (C=O) groups excluding carboxylic acids is 1. The number of hydrogen-bond acceptors (Lipinski definition) is 4. The van der Waals surface area contributed by atoms with Crippen LogP contribution in [0.3, 0.4) is 0 Å². The van der Waals surface area contributed by atoms with Crippen molar-refractivity contribution in [1.29, 1.82) is 0 Å². The molecule has 1 atom stereocenters. The molecular weight excluding hydrogens is 346 g/mol. The van der Waals surface area contributed by atoms with E-state index in [1.807, 2.05) is 54.2 Å². The summed E-state index contributed by atoms with van der Waals surface area (Å²) in [5.74, 6) is 1.23. The summed E-state index contributed by atoms with van der Waals surface area (Å²) in [6, 6.07) is 17.9. The quantitative estimate of drug-likeness (QED) is 0.763. The van der Waals surface area contributed by atoms with Gasteiger partial charge in [0, 0.05) is 10.6 Å². The van der Waals surface area contributed by atoms with Crippen LogP contribution in [0.2, 0.25) is 0 Å². The van der Waals surface area contributed by atoms with Crippen LogP contribution >= 0.6 is 11.8 Å². The van der Waals surface area contributed by atoms with Gasteiger partial charge in [0.25, 0.3) is 5.91 Å². The molecule has 1 unspecified atom stereocenters. The van der Waals surface area contributed by atoms with E-state index in [1.165, 1.54) is 10.5 Å². The number of amides is 1. The molecule has 0 fully saturated rings. The Bertz CT molecular complexity index is 924. The zero-order chi connectivity index (χ0) is 17.9.